The van der Waals surface area contributed by atoms with E-state index in [1.807, 2.05) is 0 Å². The Kier molecular flexibility index (Phi) is 2.78. The summed E-state index contributed by atoms with van der Waals surface area (Å²) < 4.78 is 14.7. The first-order valence-electron chi connectivity index (χ1n) is 4.92. The van der Waals surface area contributed by atoms with Gasteiger partial charge < -0.3 is 11.5 Å². The van der Waals surface area contributed by atoms with E-state index in [0.29, 0.717) is 17.7 Å². The van der Waals surface area contributed by atoms with Crippen molar-refractivity contribution in [3.63, 3.8) is 0 Å². The predicted molar refractivity (Wildman–Crippen MR) is 60.7 cm³/mol. The number of amides is 1. The molecule has 6 heteroatoms. The Bertz CT molecular complexity index is 564. The fourth-order valence-corrected chi connectivity index (χ4v) is 1.43. The summed E-state index contributed by atoms with van der Waals surface area (Å²) in [5.41, 5.74) is 11.6. The number of halogens is 1. The monoisotopic (exact) mass is 234 g/mol. The summed E-state index contributed by atoms with van der Waals surface area (Å²) in [5.74, 6) is -1.01. The predicted octanol–water partition coefficient (Wildman–Crippen LogP) is 0.752. The van der Waals surface area contributed by atoms with E-state index < -0.39 is 11.7 Å². The van der Waals surface area contributed by atoms with E-state index in [-0.39, 0.29) is 5.69 Å². The number of anilines is 1. The summed E-state index contributed by atoms with van der Waals surface area (Å²) in [6.45, 7) is 0.352. The highest BCUT2D eigenvalue weighted by Crippen LogP contribution is 2.13. The first-order valence-corrected chi connectivity index (χ1v) is 4.92. The summed E-state index contributed by atoms with van der Waals surface area (Å²) in [6.07, 6.45) is 2.88. The molecule has 0 atom stereocenters. The van der Waals surface area contributed by atoms with Crippen molar-refractivity contribution in [1.82, 2.24) is 9.78 Å². The first kappa shape index (κ1) is 11.1. The van der Waals surface area contributed by atoms with Gasteiger partial charge in [-0.1, -0.05) is 6.07 Å². The summed E-state index contributed by atoms with van der Waals surface area (Å²) in [6, 6.07) is 4.52. The number of carbonyl (C=O) groups is 1. The largest absolute Gasteiger partial charge is 0.396 e. The molecule has 1 aromatic carbocycles. The van der Waals surface area contributed by atoms with E-state index in [2.05, 4.69) is 5.10 Å². The van der Waals surface area contributed by atoms with E-state index in [1.165, 1.54) is 29.2 Å². The molecule has 0 aliphatic rings. The maximum Gasteiger partial charge on any atom is 0.251 e. The summed E-state index contributed by atoms with van der Waals surface area (Å²) in [5, 5.41) is 3.95. The van der Waals surface area contributed by atoms with Gasteiger partial charge in [0.15, 0.2) is 0 Å². The fraction of sp³-hybridized carbons (Fsp3) is 0.0909. The number of hydrogen-bond donors (Lipinski definition) is 2. The highest BCUT2D eigenvalue weighted by Gasteiger charge is 2.05. The van der Waals surface area contributed by atoms with Crippen LogP contribution in [0.3, 0.4) is 0 Å². The van der Waals surface area contributed by atoms with Gasteiger partial charge in [0, 0.05) is 6.20 Å². The Morgan fingerprint density at radius 1 is 1.47 bits per heavy atom. The Balaban J connectivity index is 2.19. The smallest absolute Gasteiger partial charge is 0.251 e. The average molecular weight is 234 g/mol. The lowest BCUT2D eigenvalue weighted by molar-refractivity contribution is 0.1000. The van der Waals surface area contributed by atoms with Crippen molar-refractivity contribution in [3.8, 4) is 0 Å². The van der Waals surface area contributed by atoms with E-state index in [4.69, 9.17) is 11.5 Å². The molecule has 0 radical (unpaired) electrons. The van der Waals surface area contributed by atoms with Gasteiger partial charge in [-0.15, -0.1) is 0 Å². The molecule has 0 bridgehead atoms. The topological polar surface area (TPSA) is 86.9 Å². The van der Waals surface area contributed by atoms with Gasteiger partial charge in [-0.05, 0) is 17.7 Å². The van der Waals surface area contributed by atoms with E-state index in [0.717, 1.165) is 0 Å². The third kappa shape index (κ3) is 2.41. The molecule has 17 heavy (non-hydrogen) atoms. The zero-order chi connectivity index (χ0) is 12.4. The number of nitrogen functional groups attached to an aromatic ring is 1. The minimum atomic E-state index is -0.542. The average Bonchev–Trinajstić information content (AvgIpc) is 2.72. The van der Waals surface area contributed by atoms with Crippen LogP contribution in [0.15, 0.2) is 30.6 Å². The second-order valence-corrected chi connectivity index (χ2v) is 3.65. The molecule has 1 aromatic heterocycles. The highest BCUT2D eigenvalue weighted by molar-refractivity contribution is 5.92. The number of carbonyl (C=O) groups excluding carboxylic acids is 1. The molecule has 0 aliphatic carbocycles. The Morgan fingerprint density at radius 2 is 2.24 bits per heavy atom. The van der Waals surface area contributed by atoms with Crippen molar-refractivity contribution >= 4 is 11.6 Å². The third-order valence-corrected chi connectivity index (χ3v) is 2.33. The van der Waals surface area contributed by atoms with E-state index in [9.17, 15) is 9.18 Å². The van der Waals surface area contributed by atoms with Crippen LogP contribution in [0.1, 0.15) is 15.9 Å². The number of primary amides is 1. The molecule has 2 aromatic rings. The Morgan fingerprint density at radius 3 is 2.82 bits per heavy atom. The molecule has 0 unspecified atom stereocenters. The lowest BCUT2D eigenvalue weighted by Gasteiger charge is -2.03. The van der Waals surface area contributed by atoms with Crippen LogP contribution in [-0.4, -0.2) is 15.7 Å². The molecule has 2 rings (SSSR count). The molecule has 0 fully saturated rings. The maximum absolute atomic E-state index is 13.2. The number of nitrogens with zero attached hydrogens (tertiary/aromatic N) is 2. The minimum Gasteiger partial charge on any atom is -0.396 e. The van der Waals surface area contributed by atoms with Gasteiger partial charge in [0.25, 0.3) is 5.91 Å². The molecule has 88 valence electrons. The van der Waals surface area contributed by atoms with Gasteiger partial charge in [0.05, 0.1) is 24.0 Å². The van der Waals surface area contributed by atoms with Crippen molar-refractivity contribution in [1.29, 1.82) is 0 Å². The van der Waals surface area contributed by atoms with Crippen molar-refractivity contribution < 1.29 is 9.18 Å². The van der Waals surface area contributed by atoms with Gasteiger partial charge in [-0.3, -0.25) is 9.48 Å². The van der Waals surface area contributed by atoms with E-state index >= 15 is 0 Å². The standard InChI is InChI=1S/C11H11FN4O/c12-9-3-7(1-2-10(9)13)5-16-6-8(4-15-16)11(14)17/h1-4,6H,5,13H2,(H2,14,17). The first-order chi connectivity index (χ1) is 8.06. The van der Waals surface area contributed by atoms with Gasteiger partial charge in [-0.25, -0.2) is 4.39 Å². The van der Waals surface area contributed by atoms with Gasteiger partial charge >= 0.3 is 0 Å². The van der Waals surface area contributed by atoms with Crippen LogP contribution in [0.25, 0.3) is 0 Å². The summed E-state index contributed by atoms with van der Waals surface area (Å²) >= 11 is 0. The van der Waals surface area contributed by atoms with Crippen LogP contribution < -0.4 is 11.5 Å². The van der Waals surface area contributed by atoms with Crippen LogP contribution >= 0.6 is 0 Å². The minimum absolute atomic E-state index is 0.104. The molecule has 0 saturated carbocycles. The van der Waals surface area contributed by atoms with Crippen molar-refractivity contribution in [3.05, 3.63) is 47.5 Å². The molecule has 0 aliphatic heterocycles. The molecule has 0 saturated heterocycles. The second-order valence-electron chi connectivity index (χ2n) is 3.65. The van der Waals surface area contributed by atoms with Gasteiger partial charge in [0.2, 0.25) is 0 Å². The Hall–Kier alpha value is -2.37. The number of benzene rings is 1. The van der Waals surface area contributed by atoms with Crippen LogP contribution in [0.4, 0.5) is 10.1 Å². The lowest BCUT2D eigenvalue weighted by atomic mass is 10.2. The van der Waals surface area contributed by atoms with Crippen LogP contribution in [0.5, 0.6) is 0 Å². The summed E-state index contributed by atoms with van der Waals surface area (Å²) in [7, 11) is 0. The quantitative estimate of drug-likeness (QED) is 0.768. The number of nitrogens with two attached hydrogens (primary N) is 2. The number of aromatic nitrogens is 2. The highest BCUT2D eigenvalue weighted by atomic mass is 19.1. The fourth-order valence-electron chi connectivity index (χ4n) is 1.43. The van der Waals surface area contributed by atoms with Crippen LogP contribution in [-0.2, 0) is 6.54 Å². The van der Waals surface area contributed by atoms with Gasteiger partial charge in [-0.2, -0.15) is 5.10 Å². The maximum atomic E-state index is 13.2. The molecule has 5 nitrogen and oxygen atoms in total. The van der Waals surface area contributed by atoms with E-state index in [1.54, 1.807) is 6.07 Å². The van der Waals surface area contributed by atoms with Crippen molar-refractivity contribution in [2.24, 2.45) is 5.73 Å². The number of hydrogen-bond acceptors (Lipinski definition) is 3. The molecule has 4 N–H and O–H groups in total. The zero-order valence-electron chi connectivity index (χ0n) is 8.93. The van der Waals surface area contributed by atoms with Gasteiger partial charge in [0.1, 0.15) is 5.82 Å². The second kappa shape index (κ2) is 4.25. The van der Waals surface area contributed by atoms with Crippen LogP contribution in [0, 0.1) is 5.82 Å². The molecular weight excluding hydrogens is 223 g/mol. The number of rotatable bonds is 3. The lowest BCUT2D eigenvalue weighted by Crippen LogP contribution is -2.09. The van der Waals surface area contributed by atoms with Crippen LogP contribution in [0.2, 0.25) is 0 Å². The summed E-state index contributed by atoms with van der Waals surface area (Å²) in [4.78, 5) is 10.9. The molecule has 1 amide bonds. The molecular formula is C11H11FN4O. The molecule has 1 heterocycles. The van der Waals surface area contributed by atoms with Crippen molar-refractivity contribution in [2.45, 2.75) is 6.54 Å². The Labute approximate surface area is 96.8 Å². The SMILES string of the molecule is NC(=O)c1cnn(Cc2ccc(N)c(F)c2)c1. The third-order valence-electron chi connectivity index (χ3n) is 2.33. The zero-order valence-corrected chi connectivity index (χ0v) is 8.93. The normalized spacial score (nSPS) is 10.4. The van der Waals surface area contributed by atoms with Crippen molar-refractivity contribution in [2.75, 3.05) is 5.73 Å². The molecule has 0 spiro atoms.